The third kappa shape index (κ3) is 2.28. The third-order valence-corrected chi connectivity index (χ3v) is 3.83. The van der Waals surface area contributed by atoms with Crippen LogP contribution in [0.2, 0.25) is 0 Å². The monoisotopic (exact) mass is 228 g/mol. The van der Waals surface area contributed by atoms with Crippen LogP contribution in [0, 0.1) is 0 Å². The van der Waals surface area contributed by atoms with E-state index in [1.54, 1.807) is 0 Å². The SMILES string of the molecule is C1=CCC(c2ccccc2C2CCCN2)NC1. The van der Waals surface area contributed by atoms with Crippen LogP contribution in [0.1, 0.15) is 42.5 Å². The van der Waals surface area contributed by atoms with E-state index in [1.165, 1.54) is 24.0 Å². The molecule has 90 valence electrons. The summed E-state index contributed by atoms with van der Waals surface area (Å²) in [5.74, 6) is 0. The topological polar surface area (TPSA) is 24.1 Å². The summed E-state index contributed by atoms with van der Waals surface area (Å²) in [7, 11) is 0. The Labute approximate surface area is 103 Å². The van der Waals surface area contributed by atoms with Gasteiger partial charge in [0.1, 0.15) is 0 Å². The Kier molecular flexibility index (Phi) is 3.25. The molecule has 2 nitrogen and oxygen atoms in total. The molecule has 1 fully saturated rings. The predicted molar refractivity (Wildman–Crippen MR) is 70.9 cm³/mol. The van der Waals surface area contributed by atoms with Gasteiger partial charge in [0.15, 0.2) is 0 Å². The molecule has 1 aromatic carbocycles. The average molecular weight is 228 g/mol. The molecule has 2 N–H and O–H groups in total. The van der Waals surface area contributed by atoms with Crippen molar-refractivity contribution in [2.24, 2.45) is 0 Å². The van der Waals surface area contributed by atoms with Gasteiger partial charge in [-0.3, -0.25) is 0 Å². The number of hydrogen-bond acceptors (Lipinski definition) is 2. The van der Waals surface area contributed by atoms with E-state index in [0.717, 1.165) is 19.5 Å². The molecule has 0 saturated carbocycles. The van der Waals surface area contributed by atoms with Gasteiger partial charge < -0.3 is 10.6 Å². The Morgan fingerprint density at radius 1 is 0.941 bits per heavy atom. The van der Waals surface area contributed by atoms with Gasteiger partial charge in [-0.2, -0.15) is 0 Å². The van der Waals surface area contributed by atoms with Gasteiger partial charge in [0.25, 0.3) is 0 Å². The highest BCUT2D eigenvalue weighted by atomic mass is 14.9. The van der Waals surface area contributed by atoms with E-state index in [9.17, 15) is 0 Å². The second-order valence-corrected chi connectivity index (χ2v) is 4.95. The lowest BCUT2D eigenvalue weighted by Crippen LogP contribution is -2.26. The van der Waals surface area contributed by atoms with E-state index in [4.69, 9.17) is 0 Å². The Balaban J connectivity index is 1.89. The molecule has 0 amide bonds. The fourth-order valence-corrected chi connectivity index (χ4v) is 2.94. The van der Waals surface area contributed by atoms with Crippen LogP contribution in [0.4, 0.5) is 0 Å². The summed E-state index contributed by atoms with van der Waals surface area (Å²) in [5.41, 5.74) is 2.98. The van der Waals surface area contributed by atoms with Crippen LogP contribution in [-0.2, 0) is 0 Å². The number of rotatable bonds is 2. The van der Waals surface area contributed by atoms with Crippen molar-refractivity contribution in [1.29, 1.82) is 0 Å². The van der Waals surface area contributed by atoms with Gasteiger partial charge in [0.05, 0.1) is 0 Å². The second kappa shape index (κ2) is 5.03. The van der Waals surface area contributed by atoms with Crippen molar-refractivity contribution in [3.05, 3.63) is 47.5 Å². The lowest BCUT2D eigenvalue weighted by atomic mass is 9.92. The maximum atomic E-state index is 3.61. The molecule has 2 unspecified atom stereocenters. The van der Waals surface area contributed by atoms with Gasteiger partial charge in [-0.05, 0) is 36.9 Å². The zero-order valence-corrected chi connectivity index (χ0v) is 10.2. The number of nitrogens with one attached hydrogen (secondary N) is 2. The standard InChI is InChI=1S/C15H20N2/c1-2-7-13(15-9-5-11-17-15)12(6-1)14-8-3-4-10-16-14/h1-4,6-7,14-17H,5,8-11H2. The molecule has 3 rings (SSSR count). The first-order valence-corrected chi connectivity index (χ1v) is 6.66. The lowest BCUT2D eigenvalue weighted by Gasteiger charge is -2.25. The van der Waals surface area contributed by atoms with Gasteiger partial charge in [0.2, 0.25) is 0 Å². The first-order valence-electron chi connectivity index (χ1n) is 6.66. The first kappa shape index (κ1) is 11.0. The Bertz CT molecular complexity index is 405. The molecule has 0 bridgehead atoms. The second-order valence-electron chi connectivity index (χ2n) is 4.95. The summed E-state index contributed by atoms with van der Waals surface area (Å²) < 4.78 is 0. The van der Waals surface area contributed by atoms with E-state index in [1.807, 2.05) is 0 Å². The molecular formula is C15H20N2. The molecule has 2 heteroatoms. The van der Waals surface area contributed by atoms with Gasteiger partial charge >= 0.3 is 0 Å². The Morgan fingerprint density at radius 2 is 1.76 bits per heavy atom. The fraction of sp³-hybridized carbons (Fsp3) is 0.467. The molecule has 0 spiro atoms. The fourth-order valence-electron chi connectivity index (χ4n) is 2.94. The summed E-state index contributed by atoms with van der Waals surface area (Å²) >= 11 is 0. The molecule has 0 radical (unpaired) electrons. The van der Waals surface area contributed by atoms with Gasteiger partial charge in [-0.25, -0.2) is 0 Å². The third-order valence-electron chi connectivity index (χ3n) is 3.83. The minimum absolute atomic E-state index is 0.499. The van der Waals surface area contributed by atoms with Crippen molar-refractivity contribution >= 4 is 0 Å². The Morgan fingerprint density at radius 3 is 2.41 bits per heavy atom. The largest absolute Gasteiger partial charge is 0.310 e. The number of hydrogen-bond donors (Lipinski definition) is 2. The van der Waals surface area contributed by atoms with E-state index in [2.05, 4.69) is 47.1 Å². The minimum atomic E-state index is 0.499. The minimum Gasteiger partial charge on any atom is -0.310 e. The summed E-state index contributed by atoms with van der Waals surface area (Å²) in [6, 6.07) is 9.97. The summed E-state index contributed by atoms with van der Waals surface area (Å²) in [6.07, 6.45) is 8.20. The van der Waals surface area contributed by atoms with Crippen molar-refractivity contribution in [3.8, 4) is 0 Å². The van der Waals surface area contributed by atoms with Crippen molar-refractivity contribution in [2.75, 3.05) is 13.1 Å². The van der Waals surface area contributed by atoms with Crippen LogP contribution < -0.4 is 10.6 Å². The number of benzene rings is 1. The predicted octanol–water partition coefficient (Wildman–Crippen LogP) is 2.70. The molecule has 2 aliphatic rings. The van der Waals surface area contributed by atoms with Crippen LogP contribution in [-0.4, -0.2) is 13.1 Å². The quantitative estimate of drug-likeness (QED) is 0.761. The molecular weight excluding hydrogens is 208 g/mol. The highest BCUT2D eigenvalue weighted by Gasteiger charge is 2.22. The maximum Gasteiger partial charge on any atom is 0.0360 e. The molecule has 2 aliphatic heterocycles. The summed E-state index contributed by atoms with van der Waals surface area (Å²) in [6.45, 7) is 2.16. The molecule has 2 atom stereocenters. The van der Waals surface area contributed by atoms with Crippen LogP contribution in [0.5, 0.6) is 0 Å². The lowest BCUT2D eigenvalue weighted by molar-refractivity contribution is 0.537. The van der Waals surface area contributed by atoms with Gasteiger partial charge in [-0.15, -0.1) is 0 Å². The van der Waals surface area contributed by atoms with Gasteiger partial charge in [-0.1, -0.05) is 36.4 Å². The smallest absolute Gasteiger partial charge is 0.0360 e. The van der Waals surface area contributed by atoms with Crippen LogP contribution in [0.15, 0.2) is 36.4 Å². The molecule has 2 heterocycles. The zero-order valence-electron chi connectivity index (χ0n) is 10.2. The van der Waals surface area contributed by atoms with Crippen molar-refractivity contribution in [3.63, 3.8) is 0 Å². The van der Waals surface area contributed by atoms with Gasteiger partial charge in [0, 0.05) is 18.6 Å². The van der Waals surface area contributed by atoms with Crippen LogP contribution in [0.25, 0.3) is 0 Å². The summed E-state index contributed by atoms with van der Waals surface area (Å²) in [5, 5.41) is 7.19. The highest BCUT2D eigenvalue weighted by molar-refractivity contribution is 5.34. The molecule has 1 saturated heterocycles. The Hall–Kier alpha value is -1.12. The first-order chi connectivity index (χ1) is 8.45. The normalized spacial score (nSPS) is 28.5. The molecule has 0 aliphatic carbocycles. The van der Waals surface area contributed by atoms with E-state index in [-0.39, 0.29) is 0 Å². The zero-order chi connectivity index (χ0) is 11.5. The van der Waals surface area contributed by atoms with E-state index < -0.39 is 0 Å². The average Bonchev–Trinajstić information content (AvgIpc) is 2.94. The molecule has 1 aromatic rings. The van der Waals surface area contributed by atoms with E-state index in [0.29, 0.717) is 12.1 Å². The van der Waals surface area contributed by atoms with Crippen molar-refractivity contribution < 1.29 is 0 Å². The molecule has 0 aromatic heterocycles. The molecule has 17 heavy (non-hydrogen) atoms. The summed E-state index contributed by atoms with van der Waals surface area (Å²) in [4.78, 5) is 0. The van der Waals surface area contributed by atoms with Crippen molar-refractivity contribution in [2.45, 2.75) is 31.3 Å². The van der Waals surface area contributed by atoms with Crippen LogP contribution in [0.3, 0.4) is 0 Å². The van der Waals surface area contributed by atoms with E-state index >= 15 is 0 Å². The van der Waals surface area contributed by atoms with Crippen molar-refractivity contribution in [1.82, 2.24) is 10.6 Å². The highest BCUT2D eigenvalue weighted by Crippen LogP contribution is 2.31. The van der Waals surface area contributed by atoms with Crippen LogP contribution >= 0.6 is 0 Å². The maximum absolute atomic E-state index is 3.61.